The molecular formula is C11H14N2OS. The Morgan fingerprint density at radius 2 is 2.07 bits per heavy atom. The minimum absolute atomic E-state index is 0.0929. The molecule has 0 aliphatic carbocycles. The molecule has 80 valence electrons. The molecule has 0 unspecified atom stereocenters. The van der Waals surface area contributed by atoms with Gasteiger partial charge >= 0.3 is 0 Å². The highest BCUT2D eigenvalue weighted by molar-refractivity contribution is 8.00. The number of hydrogen-bond acceptors (Lipinski definition) is 4. The molecule has 0 radical (unpaired) electrons. The van der Waals surface area contributed by atoms with Crippen molar-refractivity contribution in [2.45, 2.75) is 30.7 Å². The Kier molecular flexibility index (Phi) is 2.38. The van der Waals surface area contributed by atoms with Gasteiger partial charge in [0.25, 0.3) is 5.22 Å². The van der Waals surface area contributed by atoms with E-state index in [1.807, 2.05) is 18.2 Å². The molecule has 0 saturated heterocycles. The summed E-state index contributed by atoms with van der Waals surface area (Å²) >= 11 is 1.60. The number of para-hydroxylation sites is 1. The lowest BCUT2D eigenvalue weighted by Gasteiger charge is -2.13. The molecule has 2 rings (SSSR count). The zero-order chi connectivity index (χ0) is 11.1. The molecule has 2 N–H and O–H groups in total. The van der Waals surface area contributed by atoms with E-state index in [0.717, 1.165) is 11.1 Å². The van der Waals surface area contributed by atoms with E-state index in [4.69, 9.17) is 10.2 Å². The lowest BCUT2D eigenvalue weighted by molar-refractivity contribution is 0.486. The smallest absolute Gasteiger partial charge is 0.257 e. The summed E-state index contributed by atoms with van der Waals surface area (Å²) in [4.78, 5) is 4.37. The molecule has 15 heavy (non-hydrogen) atoms. The van der Waals surface area contributed by atoms with Gasteiger partial charge in [-0.1, -0.05) is 38.6 Å². The Morgan fingerprint density at radius 3 is 2.67 bits per heavy atom. The van der Waals surface area contributed by atoms with Crippen LogP contribution < -0.4 is 5.73 Å². The van der Waals surface area contributed by atoms with Gasteiger partial charge in [0.05, 0.1) is 5.69 Å². The average Bonchev–Trinajstić information content (AvgIpc) is 2.45. The maximum absolute atomic E-state index is 5.80. The van der Waals surface area contributed by atoms with Crippen LogP contribution in [0.5, 0.6) is 0 Å². The Balaban J connectivity index is 2.44. The highest BCUT2D eigenvalue weighted by atomic mass is 32.2. The fourth-order valence-electron chi connectivity index (χ4n) is 1.26. The Morgan fingerprint density at radius 1 is 1.33 bits per heavy atom. The van der Waals surface area contributed by atoms with Crippen LogP contribution in [0, 0.1) is 0 Å². The standard InChI is InChI=1S/C11H14N2OS/c1-11(2,3)15-10-13-9-7(12)5-4-6-8(9)14-10/h4-6H,12H2,1-3H3. The lowest BCUT2D eigenvalue weighted by atomic mass is 10.3. The Bertz CT molecular complexity index is 485. The molecule has 4 heteroatoms. The van der Waals surface area contributed by atoms with Crippen LogP contribution in [-0.4, -0.2) is 9.73 Å². The predicted octanol–water partition coefficient (Wildman–Crippen LogP) is 3.30. The maximum atomic E-state index is 5.80. The molecule has 0 fully saturated rings. The highest BCUT2D eigenvalue weighted by Gasteiger charge is 2.17. The summed E-state index contributed by atoms with van der Waals surface area (Å²) in [5.74, 6) is 0. The van der Waals surface area contributed by atoms with Crippen molar-refractivity contribution in [1.29, 1.82) is 0 Å². The number of oxazole rings is 1. The number of anilines is 1. The largest absolute Gasteiger partial charge is 0.431 e. The van der Waals surface area contributed by atoms with Gasteiger partial charge in [-0.3, -0.25) is 0 Å². The van der Waals surface area contributed by atoms with Gasteiger partial charge in [-0.25, -0.2) is 4.98 Å². The monoisotopic (exact) mass is 222 g/mol. The van der Waals surface area contributed by atoms with Crippen molar-refractivity contribution in [3.8, 4) is 0 Å². The first-order valence-electron chi connectivity index (χ1n) is 4.80. The number of nitrogens with zero attached hydrogens (tertiary/aromatic N) is 1. The summed E-state index contributed by atoms with van der Waals surface area (Å²) in [5, 5.41) is 0.676. The van der Waals surface area contributed by atoms with Gasteiger partial charge in [0.2, 0.25) is 0 Å². The molecule has 1 heterocycles. The van der Waals surface area contributed by atoms with E-state index >= 15 is 0 Å². The second kappa shape index (κ2) is 3.45. The molecule has 0 saturated carbocycles. The van der Waals surface area contributed by atoms with E-state index in [9.17, 15) is 0 Å². The number of rotatable bonds is 1. The third-order valence-electron chi connectivity index (χ3n) is 1.82. The van der Waals surface area contributed by atoms with Gasteiger partial charge in [-0.15, -0.1) is 0 Å². The second-order valence-corrected chi connectivity index (χ2v) is 6.17. The SMILES string of the molecule is CC(C)(C)Sc1nc2c(N)cccc2o1. The summed E-state index contributed by atoms with van der Waals surface area (Å²) < 4.78 is 5.69. The van der Waals surface area contributed by atoms with Crippen LogP contribution in [0.4, 0.5) is 5.69 Å². The van der Waals surface area contributed by atoms with Crippen molar-refractivity contribution in [3.05, 3.63) is 18.2 Å². The van der Waals surface area contributed by atoms with E-state index in [-0.39, 0.29) is 4.75 Å². The Labute approximate surface area is 93.0 Å². The molecule has 1 aromatic carbocycles. The van der Waals surface area contributed by atoms with Gasteiger partial charge in [-0.05, 0) is 12.1 Å². The zero-order valence-electron chi connectivity index (χ0n) is 9.07. The van der Waals surface area contributed by atoms with Crippen molar-refractivity contribution in [2.24, 2.45) is 0 Å². The van der Waals surface area contributed by atoms with Crippen LogP contribution in [0.3, 0.4) is 0 Å². The summed E-state index contributed by atoms with van der Waals surface area (Å²) in [5.41, 5.74) is 7.97. The number of hydrogen-bond donors (Lipinski definition) is 1. The van der Waals surface area contributed by atoms with Gasteiger partial charge in [-0.2, -0.15) is 0 Å². The van der Waals surface area contributed by atoms with Gasteiger partial charge in [0.15, 0.2) is 5.58 Å². The number of nitrogens with two attached hydrogens (primary N) is 1. The van der Waals surface area contributed by atoms with Crippen molar-refractivity contribution < 1.29 is 4.42 Å². The number of aromatic nitrogens is 1. The van der Waals surface area contributed by atoms with Crippen molar-refractivity contribution in [3.63, 3.8) is 0 Å². The number of fused-ring (bicyclic) bond motifs is 1. The number of nitrogen functional groups attached to an aromatic ring is 1. The number of benzene rings is 1. The molecule has 0 aliphatic rings. The number of thioether (sulfide) groups is 1. The quantitative estimate of drug-likeness (QED) is 0.594. The fraction of sp³-hybridized carbons (Fsp3) is 0.364. The summed E-state index contributed by atoms with van der Waals surface area (Å²) in [6, 6.07) is 5.58. The molecule has 0 atom stereocenters. The van der Waals surface area contributed by atoms with Crippen LogP contribution in [0.1, 0.15) is 20.8 Å². The molecule has 3 nitrogen and oxygen atoms in total. The van der Waals surface area contributed by atoms with Gasteiger partial charge < -0.3 is 10.2 Å². The minimum atomic E-state index is 0.0929. The minimum Gasteiger partial charge on any atom is -0.431 e. The highest BCUT2D eigenvalue weighted by Crippen LogP contribution is 2.34. The molecule has 1 aromatic heterocycles. The third kappa shape index (κ3) is 2.26. The van der Waals surface area contributed by atoms with Crippen molar-refractivity contribution in [2.75, 3.05) is 5.73 Å². The summed E-state index contributed by atoms with van der Waals surface area (Å²) in [6.07, 6.45) is 0. The first kappa shape index (κ1) is 10.4. The predicted molar refractivity (Wildman–Crippen MR) is 64.0 cm³/mol. The van der Waals surface area contributed by atoms with Gasteiger partial charge in [0, 0.05) is 4.75 Å². The van der Waals surface area contributed by atoms with E-state index in [1.54, 1.807) is 11.8 Å². The first-order valence-corrected chi connectivity index (χ1v) is 5.61. The van der Waals surface area contributed by atoms with Crippen molar-refractivity contribution >= 4 is 28.5 Å². The summed E-state index contributed by atoms with van der Waals surface area (Å²) in [7, 11) is 0. The lowest BCUT2D eigenvalue weighted by Crippen LogP contribution is -2.06. The third-order valence-corrected chi connectivity index (χ3v) is 2.79. The van der Waals surface area contributed by atoms with E-state index in [1.165, 1.54) is 0 Å². The van der Waals surface area contributed by atoms with E-state index < -0.39 is 0 Å². The molecule has 0 aliphatic heterocycles. The maximum Gasteiger partial charge on any atom is 0.257 e. The van der Waals surface area contributed by atoms with Crippen LogP contribution in [-0.2, 0) is 0 Å². The van der Waals surface area contributed by atoms with E-state index in [0.29, 0.717) is 10.9 Å². The normalized spacial score (nSPS) is 12.2. The molecular weight excluding hydrogens is 208 g/mol. The van der Waals surface area contributed by atoms with E-state index in [2.05, 4.69) is 25.8 Å². The summed E-state index contributed by atoms with van der Waals surface area (Å²) in [6.45, 7) is 6.36. The average molecular weight is 222 g/mol. The first-order chi connectivity index (χ1) is 6.96. The van der Waals surface area contributed by atoms with Crippen molar-refractivity contribution in [1.82, 2.24) is 4.98 Å². The Hall–Kier alpha value is -1.16. The molecule has 2 aromatic rings. The molecule has 0 amide bonds. The topological polar surface area (TPSA) is 52.0 Å². The van der Waals surface area contributed by atoms with Gasteiger partial charge in [0.1, 0.15) is 5.52 Å². The van der Waals surface area contributed by atoms with Crippen LogP contribution >= 0.6 is 11.8 Å². The molecule has 0 bridgehead atoms. The van der Waals surface area contributed by atoms with Crippen LogP contribution in [0.25, 0.3) is 11.1 Å². The fourth-order valence-corrected chi connectivity index (χ4v) is 2.05. The van der Waals surface area contributed by atoms with Crippen LogP contribution in [0.2, 0.25) is 0 Å². The van der Waals surface area contributed by atoms with Crippen LogP contribution in [0.15, 0.2) is 27.8 Å². The second-order valence-electron chi connectivity index (χ2n) is 4.39. The zero-order valence-corrected chi connectivity index (χ0v) is 9.89. The molecule has 0 spiro atoms.